The number of nitriles is 1. The van der Waals surface area contributed by atoms with E-state index in [9.17, 15) is 19.6 Å². The molecule has 8 heteroatoms. The molecule has 1 fully saturated rings. The Balaban J connectivity index is 1.71. The van der Waals surface area contributed by atoms with E-state index in [2.05, 4.69) is 16.7 Å². The number of hydrogen-bond donors (Lipinski definition) is 2. The lowest BCUT2D eigenvalue weighted by Crippen LogP contribution is -2.61. The van der Waals surface area contributed by atoms with Crippen LogP contribution in [0, 0.1) is 11.3 Å². The van der Waals surface area contributed by atoms with Gasteiger partial charge in [-0.2, -0.15) is 5.26 Å². The second-order valence-corrected chi connectivity index (χ2v) is 11.1. The lowest BCUT2D eigenvalue weighted by atomic mass is 9.80. The van der Waals surface area contributed by atoms with Gasteiger partial charge in [-0.05, 0) is 70.2 Å². The summed E-state index contributed by atoms with van der Waals surface area (Å²) in [6.07, 6.45) is 5.18. The Kier molecular flexibility index (Phi) is 8.80. The SMILES string of the molecule is CC(C)n1cc(-c2ccc(CC(C#N)NC(=O)C3(NC(=O)OC(C)(C)C)CCCCC3)cc2)ccc1=O. The van der Waals surface area contributed by atoms with Gasteiger partial charge in [0.1, 0.15) is 17.2 Å². The Hall–Kier alpha value is -3.60. The van der Waals surface area contributed by atoms with E-state index >= 15 is 0 Å². The standard InChI is InChI=1S/C29H38N4O4/c1-20(2)33-19-23(13-14-25(33)34)22-11-9-21(10-12-22)17-24(18-30)31-26(35)29(15-7-6-8-16-29)32-27(36)37-28(3,4)5/h9-14,19-20,24H,6-8,15-17H2,1-5H3,(H,31,35)(H,32,36). The quantitative estimate of drug-likeness (QED) is 0.556. The molecule has 37 heavy (non-hydrogen) atoms. The van der Waals surface area contributed by atoms with E-state index < -0.39 is 23.3 Å². The lowest BCUT2D eigenvalue weighted by molar-refractivity contribution is -0.129. The van der Waals surface area contributed by atoms with Crippen molar-refractivity contribution in [1.29, 1.82) is 5.26 Å². The van der Waals surface area contributed by atoms with Crippen molar-refractivity contribution >= 4 is 12.0 Å². The minimum Gasteiger partial charge on any atom is -0.444 e. The molecule has 2 aromatic rings. The number of benzene rings is 1. The van der Waals surface area contributed by atoms with Crippen LogP contribution in [-0.2, 0) is 16.0 Å². The number of alkyl carbamates (subject to hydrolysis) is 1. The van der Waals surface area contributed by atoms with E-state index in [0.717, 1.165) is 36.0 Å². The highest BCUT2D eigenvalue weighted by atomic mass is 16.6. The first-order chi connectivity index (χ1) is 17.4. The number of hydrogen-bond acceptors (Lipinski definition) is 5. The molecular formula is C29H38N4O4. The number of pyridine rings is 1. The molecule has 2 amide bonds. The highest BCUT2D eigenvalue weighted by molar-refractivity contribution is 5.90. The van der Waals surface area contributed by atoms with Gasteiger partial charge >= 0.3 is 6.09 Å². The summed E-state index contributed by atoms with van der Waals surface area (Å²) < 4.78 is 7.09. The largest absolute Gasteiger partial charge is 0.444 e. The number of nitrogens with zero attached hydrogens (tertiary/aromatic N) is 2. The van der Waals surface area contributed by atoms with Crippen LogP contribution in [0.1, 0.15) is 78.3 Å². The molecule has 0 spiro atoms. The second-order valence-electron chi connectivity index (χ2n) is 11.1. The number of rotatable bonds is 7. The van der Waals surface area contributed by atoms with Gasteiger partial charge in [0.15, 0.2) is 0 Å². The van der Waals surface area contributed by atoms with Gasteiger partial charge in [0.2, 0.25) is 5.91 Å². The summed E-state index contributed by atoms with van der Waals surface area (Å²) in [5.41, 5.74) is 0.976. The first-order valence-corrected chi connectivity index (χ1v) is 13.0. The van der Waals surface area contributed by atoms with Crippen LogP contribution in [0.25, 0.3) is 11.1 Å². The maximum Gasteiger partial charge on any atom is 0.408 e. The van der Waals surface area contributed by atoms with E-state index in [1.54, 1.807) is 37.5 Å². The van der Waals surface area contributed by atoms with Gasteiger partial charge < -0.3 is 19.9 Å². The van der Waals surface area contributed by atoms with Crippen LogP contribution in [-0.4, -0.2) is 33.7 Å². The monoisotopic (exact) mass is 506 g/mol. The van der Waals surface area contributed by atoms with Crippen LogP contribution in [0.4, 0.5) is 4.79 Å². The number of ether oxygens (including phenoxy) is 1. The van der Waals surface area contributed by atoms with Crippen molar-refractivity contribution in [1.82, 2.24) is 15.2 Å². The van der Waals surface area contributed by atoms with Gasteiger partial charge in [-0.1, -0.05) is 43.5 Å². The Labute approximate surface area is 219 Å². The molecule has 2 N–H and O–H groups in total. The summed E-state index contributed by atoms with van der Waals surface area (Å²) in [4.78, 5) is 38.0. The molecule has 198 valence electrons. The van der Waals surface area contributed by atoms with Crippen LogP contribution in [0.2, 0.25) is 0 Å². The molecule has 1 aliphatic rings. The molecule has 1 aliphatic carbocycles. The zero-order valence-corrected chi connectivity index (χ0v) is 22.5. The third-order valence-electron chi connectivity index (χ3n) is 6.56. The minimum absolute atomic E-state index is 0.0418. The number of carbonyl (C=O) groups excluding carboxylic acids is 2. The van der Waals surface area contributed by atoms with Gasteiger partial charge in [0.25, 0.3) is 5.56 Å². The molecule has 1 aromatic heterocycles. The number of aromatic nitrogens is 1. The molecule has 1 saturated carbocycles. The minimum atomic E-state index is -1.08. The van der Waals surface area contributed by atoms with Gasteiger partial charge in [0, 0.05) is 24.7 Å². The highest BCUT2D eigenvalue weighted by Crippen LogP contribution is 2.29. The molecule has 1 unspecified atom stereocenters. The van der Waals surface area contributed by atoms with Crippen LogP contribution >= 0.6 is 0 Å². The van der Waals surface area contributed by atoms with Crippen molar-refractivity contribution in [2.75, 3.05) is 0 Å². The zero-order chi connectivity index (χ0) is 27.2. The number of carbonyl (C=O) groups is 2. The third kappa shape index (κ3) is 7.45. The first-order valence-electron chi connectivity index (χ1n) is 13.0. The lowest BCUT2D eigenvalue weighted by Gasteiger charge is -2.37. The topological polar surface area (TPSA) is 113 Å². The third-order valence-corrected chi connectivity index (χ3v) is 6.56. The summed E-state index contributed by atoms with van der Waals surface area (Å²) in [7, 11) is 0. The van der Waals surface area contributed by atoms with Gasteiger partial charge in [-0.15, -0.1) is 0 Å². The van der Waals surface area contributed by atoms with Crippen molar-refractivity contribution in [2.24, 2.45) is 0 Å². The fourth-order valence-electron chi connectivity index (χ4n) is 4.64. The summed E-state index contributed by atoms with van der Waals surface area (Å²) in [5.74, 6) is -0.350. The smallest absolute Gasteiger partial charge is 0.408 e. The van der Waals surface area contributed by atoms with Crippen molar-refractivity contribution in [3.05, 3.63) is 58.5 Å². The number of nitrogens with one attached hydrogen (secondary N) is 2. The second kappa shape index (κ2) is 11.6. The Morgan fingerprint density at radius 1 is 1.05 bits per heavy atom. The predicted molar refractivity (Wildman–Crippen MR) is 143 cm³/mol. The summed E-state index contributed by atoms with van der Waals surface area (Å²) in [5, 5.41) is 15.5. The predicted octanol–water partition coefficient (Wildman–Crippen LogP) is 4.87. The molecule has 0 bridgehead atoms. The summed E-state index contributed by atoms with van der Waals surface area (Å²) in [6, 6.07) is 12.6. The average Bonchev–Trinajstić information content (AvgIpc) is 2.83. The van der Waals surface area contributed by atoms with Crippen LogP contribution in [0.15, 0.2) is 47.4 Å². The fourth-order valence-corrected chi connectivity index (χ4v) is 4.64. The van der Waals surface area contributed by atoms with E-state index in [1.807, 2.05) is 44.3 Å². The Bertz CT molecular complexity index is 1200. The van der Waals surface area contributed by atoms with Crippen molar-refractivity contribution in [3.63, 3.8) is 0 Å². The van der Waals surface area contributed by atoms with Gasteiger partial charge in [-0.25, -0.2) is 4.79 Å². The van der Waals surface area contributed by atoms with Crippen molar-refractivity contribution < 1.29 is 14.3 Å². The maximum atomic E-state index is 13.4. The first kappa shape index (κ1) is 28.0. The van der Waals surface area contributed by atoms with Gasteiger partial charge in [-0.3, -0.25) is 9.59 Å². The van der Waals surface area contributed by atoms with Crippen LogP contribution in [0.3, 0.4) is 0 Å². The summed E-state index contributed by atoms with van der Waals surface area (Å²) >= 11 is 0. The van der Waals surface area contributed by atoms with E-state index in [0.29, 0.717) is 19.3 Å². The van der Waals surface area contributed by atoms with Crippen molar-refractivity contribution in [2.45, 2.75) is 96.4 Å². The highest BCUT2D eigenvalue weighted by Gasteiger charge is 2.42. The van der Waals surface area contributed by atoms with E-state index in [1.165, 1.54) is 0 Å². The maximum absolute atomic E-state index is 13.4. The molecule has 3 rings (SSSR count). The van der Waals surface area contributed by atoms with Crippen LogP contribution in [0.5, 0.6) is 0 Å². The van der Waals surface area contributed by atoms with Crippen LogP contribution < -0.4 is 16.2 Å². The molecule has 8 nitrogen and oxygen atoms in total. The fraction of sp³-hybridized carbons (Fsp3) is 0.517. The molecule has 0 saturated heterocycles. The average molecular weight is 507 g/mol. The zero-order valence-electron chi connectivity index (χ0n) is 22.5. The molecule has 1 atom stereocenters. The Morgan fingerprint density at radius 2 is 1.68 bits per heavy atom. The molecule has 0 aliphatic heterocycles. The van der Waals surface area contributed by atoms with Crippen molar-refractivity contribution in [3.8, 4) is 17.2 Å². The number of amides is 2. The molecule has 1 heterocycles. The van der Waals surface area contributed by atoms with E-state index in [4.69, 9.17) is 4.74 Å². The summed E-state index contributed by atoms with van der Waals surface area (Å²) in [6.45, 7) is 9.25. The molecular weight excluding hydrogens is 468 g/mol. The van der Waals surface area contributed by atoms with E-state index in [-0.39, 0.29) is 17.5 Å². The molecule has 1 aromatic carbocycles. The Morgan fingerprint density at radius 3 is 2.24 bits per heavy atom. The normalized spacial score (nSPS) is 15.9. The molecule has 0 radical (unpaired) electrons. The van der Waals surface area contributed by atoms with Gasteiger partial charge in [0.05, 0.1) is 6.07 Å².